The molecular weight excluding hydrogens is 556 g/mol. The molecule has 0 unspecified atom stereocenters. The molecule has 1 aliphatic carbocycles. The minimum atomic E-state index is -3.95. The fraction of sp³-hybridized carbons (Fsp3) is 0.565. The number of nitrogens with zero attached hydrogens (tertiary/aromatic N) is 6. The van der Waals surface area contributed by atoms with Crippen LogP contribution in [0, 0.1) is 0 Å². The molecule has 3 aromatic heterocycles. The van der Waals surface area contributed by atoms with Crippen molar-refractivity contribution < 1.29 is 31.8 Å². The van der Waals surface area contributed by atoms with Gasteiger partial charge in [0.15, 0.2) is 21.8 Å². The van der Waals surface area contributed by atoms with Gasteiger partial charge in [-0.3, -0.25) is 9.20 Å². The first-order valence-corrected chi connectivity index (χ1v) is 14.8. The minimum absolute atomic E-state index is 0.0339. The van der Waals surface area contributed by atoms with E-state index in [1.807, 2.05) is 11.8 Å². The van der Waals surface area contributed by atoms with Gasteiger partial charge in [-0.2, -0.15) is 0 Å². The summed E-state index contributed by atoms with van der Waals surface area (Å²) in [4.78, 5) is 21.0. The number of hydrogen-bond donors (Lipinski definition) is 2. The Balaban J connectivity index is 1.40. The molecule has 12 nitrogen and oxygen atoms in total. The zero-order valence-electron chi connectivity index (χ0n) is 21.0. The highest BCUT2D eigenvalue weighted by atomic mass is 32.2. The predicted molar refractivity (Wildman–Crippen MR) is 136 cm³/mol. The maximum absolute atomic E-state index is 13.4. The van der Waals surface area contributed by atoms with Crippen LogP contribution < -0.4 is 9.62 Å². The Hall–Kier alpha value is -2.79. The number of fused-ring (bicyclic) bond motifs is 1. The van der Waals surface area contributed by atoms with E-state index in [0.717, 1.165) is 19.3 Å². The number of halogens is 2. The molecule has 0 bridgehead atoms. The summed E-state index contributed by atoms with van der Waals surface area (Å²) in [6, 6.07) is 1.28. The van der Waals surface area contributed by atoms with Gasteiger partial charge in [0.2, 0.25) is 10.0 Å². The Morgan fingerprint density at radius 3 is 2.77 bits per heavy atom. The summed E-state index contributed by atoms with van der Waals surface area (Å²) in [5.74, 6) is -0.231. The van der Waals surface area contributed by atoms with E-state index in [2.05, 4.69) is 19.9 Å². The Morgan fingerprint density at radius 1 is 1.33 bits per heavy atom. The summed E-state index contributed by atoms with van der Waals surface area (Å²) >= 11 is 0.705. The SMILES string of the molecule is CC1(NS(=O)(=O)c2cc(N3CCO[C@@H](C(=O)N4CC[C@@H]4CO)C3)c3ncc(-c4nnc(C(F)F)s4)n3c2)CC1. The van der Waals surface area contributed by atoms with E-state index in [-0.39, 0.29) is 41.6 Å². The van der Waals surface area contributed by atoms with Crippen molar-refractivity contribution in [2.24, 2.45) is 0 Å². The molecule has 0 radical (unpaired) electrons. The number of pyridine rings is 1. The second-order valence-electron chi connectivity index (χ2n) is 10.3. The highest BCUT2D eigenvalue weighted by Crippen LogP contribution is 2.38. The van der Waals surface area contributed by atoms with Gasteiger partial charge in [0.1, 0.15) is 10.6 Å². The van der Waals surface area contributed by atoms with Crippen molar-refractivity contribution in [2.45, 2.75) is 55.2 Å². The second-order valence-corrected chi connectivity index (χ2v) is 13.0. The van der Waals surface area contributed by atoms with Crippen molar-refractivity contribution in [1.29, 1.82) is 0 Å². The van der Waals surface area contributed by atoms with Gasteiger partial charge < -0.3 is 19.6 Å². The maximum atomic E-state index is 13.4. The molecule has 16 heteroatoms. The van der Waals surface area contributed by atoms with Gasteiger partial charge in [-0.1, -0.05) is 11.3 Å². The van der Waals surface area contributed by atoms with Crippen molar-refractivity contribution in [2.75, 3.05) is 37.7 Å². The van der Waals surface area contributed by atoms with Gasteiger partial charge in [0.05, 0.1) is 37.7 Å². The molecule has 2 aliphatic heterocycles. The number of aliphatic hydroxyl groups excluding tert-OH is 1. The quantitative estimate of drug-likeness (QED) is 0.403. The van der Waals surface area contributed by atoms with E-state index < -0.39 is 33.1 Å². The molecule has 0 spiro atoms. The summed E-state index contributed by atoms with van der Waals surface area (Å²) in [6.45, 7) is 2.98. The van der Waals surface area contributed by atoms with Crippen LogP contribution in [0.4, 0.5) is 14.5 Å². The molecule has 3 aromatic rings. The average molecular weight is 584 g/mol. The summed E-state index contributed by atoms with van der Waals surface area (Å²) in [5, 5.41) is 16.7. The van der Waals surface area contributed by atoms with Crippen LogP contribution in [0.2, 0.25) is 0 Å². The fourth-order valence-electron chi connectivity index (χ4n) is 4.81. The number of sulfonamides is 1. The Bertz CT molecular complexity index is 1520. The molecular formula is C23H27F2N7O5S2. The zero-order valence-corrected chi connectivity index (χ0v) is 22.6. The van der Waals surface area contributed by atoms with Gasteiger partial charge in [-0.05, 0) is 32.3 Å². The first-order valence-electron chi connectivity index (χ1n) is 12.5. The normalized spacial score (nSPS) is 22.9. The molecule has 39 heavy (non-hydrogen) atoms. The lowest BCUT2D eigenvalue weighted by molar-refractivity contribution is -0.153. The number of alkyl halides is 2. The lowest BCUT2D eigenvalue weighted by atomic mass is 10.0. The van der Waals surface area contributed by atoms with Crippen molar-refractivity contribution in [3.8, 4) is 10.7 Å². The summed E-state index contributed by atoms with van der Waals surface area (Å²) in [5.41, 5.74) is 0.624. The number of likely N-dealkylation sites (tertiary alicyclic amines) is 1. The van der Waals surface area contributed by atoms with Crippen LogP contribution >= 0.6 is 11.3 Å². The van der Waals surface area contributed by atoms with Crippen LogP contribution in [-0.2, 0) is 19.6 Å². The first kappa shape index (κ1) is 26.4. The summed E-state index contributed by atoms with van der Waals surface area (Å²) < 4.78 is 63.2. The lowest BCUT2D eigenvalue weighted by Gasteiger charge is -2.43. The number of carbonyl (C=O) groups excluding carboxylic acids is 1. The standard InChI is InChI=1S/C23H27F2N7O5S2/c1-23(3-4-23)29-39(35,36)14-8-15(30-6-7-37-17(11-30)22(34)31-5-2-13(31)12-33)19-26-9-16(32(19)10-14)20-27-28-21(38-20)18(24)25/h8-10,13,17-18,29,33H,2-7,11-12H2,1H3/t13-,17-/m1/s1. The average Bonchev–Trinajstić information content (AvgIpc) is 3.25. The number of amides is 1. The summed E-state index contributed by atoms with van der Waals surface area (Å²) in [6.07, 6.45) is 1.41. The molecule has 0 aromatic carbocycles. The molecule has 2 atom stereocenters. The highest BCUT2D eigenvalue weighted by molar-refractivity contribution is 7.89. The highest BCUT2D eigenvalue weighted by Gasteiger charge is 2.42. The third-order valence-electron chi connectivity index (χ3n) is 7.42. The molecule has 3 aliphatic rings. The number of nitrogens with one attached hydrogen (secondary N) is 1. The number of imidazole rings is 1. The first-order chi connectivity index (χ1) is 18.6. The smallest absolute Gasteiger partial charge is 0.291 e. The number of morpholine rings is 1. The number of anilines is 1. The minimum Gasteiger partial charge on any atom is -0.394 e. The number of carbonyl (C=O) groups is 1. The van der Waals surface area contributed by atoms with Crippen LogP contribution in [0.5, 0.6) is 0 Å². The number of hydrogen-bond acceptors (Lipinski definition) is 10. The molecule has 3 fully saturated rings. The molecule has 2 saturated heterocycles. The van der Waals surface area contributed by atoms with Gasteiger partial charge in [-0.25, -0.2) is 26.9 Å². The van der Waals surface area contributed by atoms with E-state index in [0.29, 0.717) is 41.5 Å². The van der Waals surface area contributed by atoms with Crippen LogP contribution in [-0.4, -0.2) is 94.4 Å². The Labute approximate surface area is 226 Å². The van der Waals surface area contributed by atoms with Crippen molar-refractivity contribution in [1.82, 2.24) is 29.2 Å². The zero-order chi connectivity index (χ0) is 27.5. The largest absolute Gasteiger partial charge is 0.394 e. The lowest BCUT2D eigenvalue weighted by Crippen LogP contribution is -2.59. The second kappa shape index (κ2) is 9.69. The van der Waals surface area contributed by atoms with E-state index in [4.69, 9.17) is 4.74 Å². The maximum Gasteiger partial charge on any atom is 0.291 e. The topological polar surface area (TPSA) is 142 Å². The third-order valence-corrected chi connectivity index (χ3v) is 9.98. The van der Waals surface area contributed by atoms with Gasteiger partial charge >= 0.3 is 0 Å². The van der Waals surface area contributed by atoms with E-state index in [9.17, 15) is 27.1 Å². The number of aromatic nitrogens is 4. The monoisotopic (exact) mass is 583 g/mol. The number of rotatable bonds is 8. The van der Waals surface area contributed by atoms with Crippen molar-refractivity contribution in [3.63, 3.8) is 0 Å². The summed E-state index contributed by atoms with van der Waals surface area (Å²) in [7, 11) is -3.95. The Kier molecular flexibility index (Phi) is 6.57. The van der Waals surface area contributed by atoms with E-state index >= 15 is 0 Å². The van der Waals surface area contributed by atoms with Crippen LogP contribution in [0.15, 0.2) is 23.4 Å². The number of aliphatic hydroxyl groups is 1. The molecule has 1 saturated carbocycles. The van der Waals surface area contributed by atoms with Gasteiger partial charge in [0.25, 0.3) is 12.3 Å². The van der Waals surface area contributed by atoms with Gasteiger partial charge in [0, 0.05) is 24.8 Å². The molecule has 6 rings (SSSR count). The van der Waals surface area contributed by atoms with Gasteiger partial charge in [-0.15, -0.1) is 10.2 Å². The third kappa shape index (κ3) is 4.88. The Morgan fingerprint density at radius 2 is 2.13 bits per heavy atom. The van der Waals surface area contributed by atoms with Crippen molar-refractivity contribution in [3.05, 3.63) is 23.5 Å². The van der Waals surface area contributed by atoms with E-state index in [1.54, 1.807) is 4.90 Å². The molecule has 1 amide bonds. The number of ether oxygens (including phenoxy) is 1. The molecule has 2 N–H and O–H groups in total. The van der Waals surface area contributed by atoms with Crippen molar-refractivity contribution >= 4 is 38.6 Å². The predicted octanol–water partition coefficient (Wildman–Crippen LogP) is 1.42. The molecule has 5 heterocycles. The van der Waals surface area contributed by atoms with Crippen LogP contribution in [0.25, 0.3) is 16.3 Å². The molecule has 210 valence electrons. The fourth-order valence-corrected chi connectivity index (χ4v) is 6.99. The van der Waals surface area contributed by atoms with Crippen LogP contribution in [0.3, 0.4) is 0 Å². The van der Waals surface area contributed by atoms with E-state index in [1.165, 1.54) is 22.9 Å². The van der Waals surface area contributed by atoms with Crippen LogP contribution in [0.1, 0.15) is 37.6 Å².